The number of hydrogen-bond donors (Lipinski definition) is 0. The third kappa shape index (κ3) is 4.83. The largest absolute Gasteiger partial charge is 0.493 e. The smallest absolute Gasteiger partial charge is 0.344 e. The van der Waals surface area contributed by atoms with Crippen LogP contribution < -0.4 is 15.0 Å². The van der Waals surface area contributed by atoms with E-state index in [0.717, 1.165) is 0 Å². The van der Waals surface area contributed by atoms with Crippen LogP contribution in [0.15, 0.2) is 52.4 Å². The molecule has 8 nitrogen and oxygen atoms in total. The number of rotatable bonds is 7. The maximum atomic E-state index is 12.7. The van der Waals surface area contributed by atoms with E-state index in [2.05, 4.69) is 10.1 Å². The number of fused-ring (bicyclic) bond motifs is 1. The molecule has 8 heteroatoms. The molecule has 30 heavy (non-hydrogen) atoms. The number of methoxy groups -OCH3 is 1. The first-order valence-electron chi connectivity index (χ1n) is 9.42. The van der Waals surface area contributed by atoms with Gasteiger partial charge in [0, 0.05) is 0 Å². The summed E-state index contributed by atoms with van der Waals surface area (Å²) in [5.41, 5.74) is 1.07. The van der Waals surface area contributed by atoms with Crippen LogP contribution in [0.1, 0.15) is 25.2 Å². The minimum Gasteiger partial charge on any atom is -0.493 e. The monoisotopic (exact) mass is 409 g/mol. The van der Waals surface area contributed by atoms with E-state index in [1.54, 1.807) is 57.2 Å². The lowest BCUT2D eigenvalue weighted by Crippen LogP contribution is -2.20. The zero-order chi connectivity index (χ0) is 21.7. The first-order valence-corrected chi connectivity index (χ1v) is 9.42. The average molecular weight is 409 g/mol. The van der Waals surface area contributed by atoms with Gasteiger partial charge in [0.1, 0.15) is 5.82 Å². The van der Waals surface area contributed by atoms with E-state index in [9.17, 15) is 9.59 Å². The SMILES string of the molecule is COc1cc(/C=N\n2c(C)nc3ccccc3c2=O)ccc1OCC(=O)OC(C)C. The van der Waals surface area contributed by atoms with E-state index >= 15 is 0 Å². The van der Waals surface area contributed by atoms with Crippen LogP contribution in [0.5, 0.6) is 11.5 Å². The third-order valence-electron chi connectivity index (χ3n) is 4.14. The maximum Gasteiger partial charge on any atom is 0.344 e. The molecule has 0 aliphatic carbocycles. The van der Waals surface area contributed by atoms with Crippen LogP contribution in [-0.4, -0.2) is 41.7 Å². The number of ether oxygens (including phenoxy) is 3. The quantitative estimate of drug-likeness (QED) is 0.440. The second-order valence-corrected chi connectivity index (χ2v) is 6.78. The predicted molar refractivity (Wildman–Crippen MR) is 113 cm³/mol. The lowest BCUT2D eigenvalue weighted by Gasteiger charge is -2.12. The predicted octanol–water partition coefficient (Wildman–Crippen LogP) is 2.93. The summed E-state index contributed by atoms with van der Waals surface area (Å²) >= 11 is 0. The van der Waals surface area contributed by atoms with Gasteiger partial charge in [-0.15, -0.1) is 0 Å². The molecule has 0 unspecified atom stereocenters. The van der Waals surface area contributed by atoms with E-state index in [-0.39, 0.29) is 18.3 Å². The Morgan fingerprint density at radius 2 is 1.97 bits per heavy atom. The summed E-state index contributed by atoms with van der Waals surface area (Å²) < 4.78 is 17.1. The van der Waals surface area contributed by atoms with Gasteiger partial charge in [-0.2, -0.15) is 9.78 Å². The Labute approximate surface area is 173 Å². The molecule has 1 aromatic heterocycles. The highest BCUT2D eigenvalue weighted by Crippen LogP contribution is 2.27. The van der Waals surface area contributed by atoms with Crippen molar-refractivity contribution >= 4 is 23.1 Å². The van der Waals surface area contributed by atoms with Gasteiger partial charge >= 0.3 is 5.97 Å². The van der Waals surface area contributed by atoms with Crippen molar-refractivity contribution in [3.05, 3.63) is 64.2 Å². The Kier molecular flexibility index (Phi) is 6.46. The van der Waals surface area contributed by atoms with Gasteiger partial charge in [-0.05, 0) is 56.7 Å². The van der Waals surface area contributed by atoms with Crippen molar-refractivity contribution < 1.29 is 19.0 Å². The van der Waals surface area contributed by atoms with Crippen molar-refractivity contribution in [3.8, 4) is 11.5 Å². The lowest BCUT2D eigenvalue weighted by molar-refractivity contribution is -0.149. The van der Waals surface area contributed by atoms with Crippen LogP contribution in [0.4, 0.5) is 0 Å². The number of aromatic nitrogens is 2. The van der Waals surface area contributed by atoms with Crippen LogP contribution in [0.3, 0.4) is 0 Å². The van der Waals surface area contributed by atoms with Gasteiger partial charge in [-0.1, -0.05) is 12.1 Å². The van der Waals surface area contributed by atoms with Gasteiger partial charge in [0.15, 0.2) is 18.1 Å². The van der Waals surface area contributed by atoms with Gasteiger partial charge in [0.2, 0.25) is 0 Å². The van der Waals surface area contributed by atoms with E-state index < -0.39 is 5.97 Å². The molecular weight excluding hydrogens is 386 g/mol. The van der Waals surface area contributed by atoms with Crippen molar-refractivity contribution in [2.75, 3.05) is 13.7 Å². The molecule has 0 N–H and O–H groups in total. The molecule has 3 rings (SSSR count). The molecule has 0 aliphatic heterocycles. The fourth-order valence-electron chi connectivity index (χ4n) is 2.81. The number of para-hydroxylation sites is 1. The Bertz CT molecular complexity index is 1150. The molecule has 0 fully saturated rings. The van der Waals surface area contributed by atoms with E-state index in [4.69, 9.17) is 14.2 Å². The highest BCUT2D eigenvalue weighted by molar-refractivity contribution is 5.81. The highest BCUT2D eigenvalue weighted by Gasteiger charge is 2.11. The fraction of sp³-hybridized carbons (Fsp3) is 0.273. The molecular formula is C22H23N3O5. The van der Waals surface area contributed by atoms with Crippen molar-refractivity contribution in [1.82, 2.24) is 9.66 Å². The number of nitrogens with zero attached hydrogens (tertiary/aromatic N) is 3. The minimum absolute atomic E-state index is 0.210. The Morgan fingerprint density at radius 1 is 1.20 bits per heavy atom. The fourth-order valence-corrected chi connectivity index (χ4v) is 2.81. The van der Waals surface area contributed by atoms with Gasteiger partial charge in [0.25, 0.3) is 5.56 Å². The van der Waals surface area contributed by atoms with Crippen LogP contribution >= 0.6 is 0 Å². The molecule has 1 heterocycles. The zero-order valence-corrected chi connectivity index (χ0v) is 17.3. The standard InChI is InChI=1S/C22H23N3O5/c1-14(2)30-21(26)13-29-19-10-9-16(11-20(19)28-4)12-23-25-15(3)24-18-8-6-5-7-17(18)22(25)27/h5-12,14H,13H2,1-4H3/b23-12-. The molecule has 0 amide bonds. The Hall–Kier alpha value is -3.68. The van der Waals surface area contributed by atoms with Crippen LogP contribution in [0.25, 0.3) is 10.9 Å². The van der Waals surface area contributed by atoms with E-state index in [0.29, 0.717) is 33.8 Å². The first kappa shape index (κ1) is 21.0. The Balaban J connectivity index is 1.82. The first-order chi connectivity index (χ1) is 14.4. The number of esters is 1. The molecule has 3 aromatic rings. The number of hydrogen-bond acceptors (Lipinski definition) is 7. The molecule has 156 valence electrons. The van der Waals surface area contributed by atoms with Crippen LogP contribution in [0.2, 0.25) is 0 Å². The number of carbonyl (C=O) groups is 1. The molecule has 2 aromatic carbocycles. The van der Waals surface area contributed by atoms with Gasteiger partial charge < -0.3 is 14.2 Å². The molecule has 0 radical (unpaired) electrons. The van der Waals surface area contributed by atoms with Gasteiger partial charge in [0.05, 0.1) is 30.3 Å². The summed E-state index contributed by atoms with van der Waals surface area (Å²) in [5.74, 6) is 0.843. The van der Waals surface area contributed by atoms with Crippen molar-refractivity contribution in [1.29, 1.82) is 0 Å². The summed E-state index contributed by atoms with van der Waals surface area (Å²) in [6, 6.07) is 12.2. The van der Waals surface area contributed by atoms with Gasteiger partial charge in [-0.3, -0.25) is 4.79 Å². The highest BCUT2D eigenvalue weighted by atomic mass is 16.6. The summed E-state index contributed by atoms with van der Waals surface area (Å²) in [5, 5.41) is 4.78. The number of benzene rings is 2. The van der Waals surface area contributed by atoms with E-state index in [1.165, 1.54) is 18.0 Å². The second-order valence-electron chi connectivity index (χ2n) is 6.78. The van der Waals surface area contributed by atoms with Crippen molar-refractivity contribution in [2.45, 2.75) is 26.9 Å². The summed E-state index contributed by atoms with van der Waals surface area (Å²) in [6.45, 7) is 5.04. The Morgan fingerprint density at radius 3 is 2.70 bits per heavy atom. The van der Waals surface area contributed by atoms with Crippen LogP contribution in [-0.2, 0) is 9.53 Å². The number of aryl methyl sites for hydroxylation is 1. The number of carbonyl (C=O) groups excluding carboxylic acids is 1. The summed E-state index contributed by atoms with van der Waals surface area (Å²) in [7, 11) is 1.50. The second kappa shape index (κ2) is 9.21. The van der Waals surface area contributed by atoms with Crippen LogP contribution in [0, 0.1) is 6.92 Å². The molecule has 0 saturated heterocycles. The van der Waals surface area contributed by atoms with Gasteiger partial charge in [-0.25, -0.2) is 9.78 Å². The summed E-state index contributed by atoms with van der Waals surface area (Å²) in [4.78, 5) is 28.8. The average Bonchev–Trinajstić information content (AvgIpc) is 2.72. The topological polar surface area (TPSA) is 92.0 Å². The maximum absolute atomic E-state index is 12.7. The molecule has 0 atom stereocenters. The lowest BCUT2D eigenvalue weighted by atomic mass is 10.2. The van der Waals surface area contributed by atoms with E-state index in [1.807, 2.05) is 6.07 Å². The summed E-state index contributed by atoms with van der Waals surface area (Å²) in [6.07, 6.45) is 1.32. The zero-order valence-electron chi connectivity index (χ0n) is 17.3. The molecule has 0 aliphatic rings. The van der Waals surface area contributed by atoms with Crippen molar-refractivity contribution in [3.63, 3.8) is 0 Å². The molecule has 0 bridgehead atoms. The minimum atomic E-state index is -0.462. The third-order valence-corrected chi connectivity index (χ3v) is 4.14. The molecule has 0 saturated carbocycles. The normalized spacial score (nSPS) is 11.2. The molecule has 0 spiro atoms. The van der Waals surface area contributed by atoms with Crippen molar-refractivity contribution in [2.24, 2.45) is 5.10 Å².